The van der Waals surface area contributed by atoms with E-state index in [0.29, 0.717) is 6.42 Å². The Balaban J connectivity index is 2.14. The summed E-state index contributed by atoms with van der Waals surface area (Å²) in [4.78, 5) is 12.1. The molecule has 0 amide bonds. The van der Waals surface area contributed by atoms with Crippen molar-refractivity contribution in [1.29, 1.82) is 0 Å². The van der Waals surface area contributed by atoms with Crippen molar-refractivity contribution in [1.82, 2.24) is 0 Å². The average Bonchev–Trinajstić information content (AvgIpc) is 2.68. The third-order valence-corrected chi connectivity index (χ3v) is 4.53. The van der Waals surface area contributed by atoms with Gasteiger partial charge in [-0.2, -0.15) is 0 Å². The van der Waals surface area contributed by atoms with Gasteiger partial charge in [-0.1, -0.05) is 91.0 Å². The van der Waals surface area contributed by atoms with Crippen molar-refractivity contribution >= 4 is 5.97 Å². The average molecular weight is 345 g/mol. The molecule has 0 radical (unpaired) electrons. The minimum absolute atomic E-state index is 0.360. The number of nitrogens with two attached hydrogens (primary N) is 1. The largest absolute Gasteiger partial charge is 0.448 e. The maximum absolute atomic E-state index is 12.1. The van der Waals surface area contributed by atoms with Crippen LogP contribution in [0, 0.1) is 0 Å². The van der Waals surface area contributed by atoms with E-state index >= 15 is 0 Å². The first-order valence-electron chi connectivity index (χ1n) is 8.73. The molecule has 3 aromatic carbocycles. The summed E-state index contributed by atoms with van der Waals surface area (Å²) in [6, 6.07) is 29.0. The number of ether oxygens (including phenoxy) is 1. The van der Waals surface area contributed by atoms with Crippen molar-refractivity contribution in [2.75, 3.05) is 0 Å². The minimum Gasteiger partial charge on any atom is -0.448 e. The standard InChI is InChI=1S/C23H23NO2/c1-18(25)26-23(20-13-7-3-8-14-20,21-15-9-4-10-16-21)22(24)17-19-11-5-2-6-12-19/h2-16,22H,17,24H2,1H3. The molecule has 0 aliphatic carbocycles. The molecular weight excluding hydrogens is 322 g/mol. The van der Waals surface area contributed by atoms with Gasteiger partial charge < -0.3 is 10.5 Å². The summed E-state index contributed by atoms with van der Waals surface area (Å²) in [5.41, 5.74) is 8.50. The molecule has 3 aromatic rings. The molecular formula is C23H23NO2. The summed E-state index contributed by atoms with van der Waals surface area (Å²) in [7, 11) is 0. The summed E-state index contributed by atoms with van der Waals surface area (Å²) >= 11 is 0. The number of hydrogen-bond acceptors (Lipinski definition) is 3. The summed E-state index contributed by atoms with van der Waals surface area (Å²) < 4.78 is 5.98. The van der Waals surface area contributed by atoms with Crippen molar-refractivity contribution in [3.8, 4) is 0 Å². The molecule has 3 nitrogen and oxygen atoms in total. The van der Waals surface area contributed by atoms with E-state index in [2.05, 4.69) is 0 Å². The molecule has 0 aliphatic rings. The maximum Gasteiger partial charge on any atom is 0.303 e. The van der Waals surface area contributed by atoms with Crippen LogP contribution in [0.5, 0.6) is 0 Å². The smallest absolute Gasteiger partial charge is 0.303 e. The van der Waals surface area contributed by atoms with Crippen LogP contribution in [-0.2, 0) is 21.6 Å². The van der Waals surface area contributed by atoms with Gasteiger partial charge in [0, 0.05) is 18.1 Å². The van der Waals surface area contributed by atoms with Crippen molar-refractivity contribution in [2.45, 2.75) is 25.0 Å². The van der Waals surface area contributed by atoms with Crippen molar-refractivity contribution in [2.24, 2.45) is 5.73 Å². The highest BCUT2D eigenvalue weighted by atomic mass is 16.6. The molecule has 1 atom stereocenters. The van der Waals surface area contributed by atoms with Gasteiger partial charge in [0.1, 0.15) is 0 Å². The van der Waals surface area contributed by atoms with Crippen LogP contribution in [0.1, 0.15) is 23.6 Å². The minimum atomic E-state index is -1.05. The molecule has 0 aliphatic heterocycles. The highest BCUT2D eigenvalue weighted by molar-refractivity contribution is 5.68. The first-order chi connectivity index (χ1) is 12.6. The SMILES string of the molecule is CC(=O)OC(c1ccccc1)(c1ccccc1)C(N)Cc1ccccc1. The van der Waals surface area contributed by atoms with Gasteiger partial charge in [-0.15, -0.1) is 0 Å². The first-order valence-corrected chi connectivity index (χ1v) is 8.73. The van der Waals surface area contributed by atoms with E-state index in [-0.39, 0.29) is 5.97 Å². The Hall–Kier alpha value is -2.91. The Labute approximate surface area is 154 Å². The second kappa shape index (κ2) is 7.98. The fraction of sp³-hybridized carbons (Fsp3) is 0.174. The van der Waals surface area contributed by atoms with Gasteiger partial charge in [0.25, 0.3) is 0 Å². The number of rotatable bonds is 6. The summed E-state index contributed by atoms with van der Waals surface area (Å²) in [6.07, 6.45) is 0.581. The highest BCUT2D eigenvalue weighted by Gasteiger charge is 2.43. The number of benzene rings is 3. The molecule has 0 spiro atoms. The van der Waals surface area contributed by atoms with Gasteiger partial charge in [-0.25, -0.2) is 0 Å². The van der Waals surface area contributed by atoms with Crippen LogP contribution in [0.4, 0.5) is 0 Å². The first kappa shape index (κ1) is 17.9. The van der Waals surface area contributed by atoms with Crippen LogP contribution in [0.2, 0.25) is 0 Å². The quantitative estimate of drug-likeness (QED) is 0.685. The lowest BCUT2D eigenvalue weighted by atomic mass is 9.78. The Bertz CT molecular complexity index is 792. The van der Waals surface area contributed by atoms with E-state index in [0.717, 1.165) is 16.7 Å². The maximum atomic E-state index is 12.1. The molecule has 132 valence electrons. The summed E-state index contributed by atoms with van der Waals surface area (Å²) in [6.45, 7) is 1.43. The van der Waals surface area contributed by atoms with Crippen LogP contribution in [0.3, 0.4) is 0 Å². The lowest BCUT2D eigenvalue weighted by Gasteiger charge is -2.39. The third kappa shape index (κ3) is 3.68. The van der Waals surface area contributed by atoms with E-state index < -0.39 is 11.6 Å². The van der Waals surface area contributed by atoms with E-state index in [4.69, 9.17) is 10.5 Å². The predicted octanol–water partition coefficient (Wildman–Crippen LogP) is 4.06. The summed E-state index contributed by atoms with van der Waals surface area (Å²) in [5, 5.41) is 0. The van der Waals surface area contributed by atoms with Gasteiger partial charge in [0.05, 0.1) is 6.04 Å². The van der Waals surface area contributed by atoms with E-state index in [9.17, 15) is 4.79 Å². The fourth-order valence-corrected chi connectivity index (χ4v) is 3.40. The molecule has 0 saturated heterocycles. The number of carbonyl (C=O) groups is 1. The van der Waals surface area contributed by atoms with Gasteiger partial charge in [0.2, 0.25) is 0 Å². The zero-order valence-corrected chi connectivity index (χ0v) is 14.8. The Morgan fingerprint density at radius 2 is 1.27 bits per heavy atom. The van der Waals surface area contributed by atoms with Gasteiger partial charge in [-0.3, -0.25) is 4.79 Å². The molecule has 0 aromatic heterocycles. The molecule has 3 rings (SSSR count). The fourth-order valence-electron chi connectivity index (χ4n) is 3.40. The van der Waals surface area contributed by atoms with E-state index in [1.54, 1.807) is 0 Å². The van der Waals surface area contributed by atoms with Crippen LogP contribution < -0.4 is 5.73 Å². The molecule has 0 heterocycles. The van der Waals surface area contributed by atoms with Gasteiger partial charge in [-0.05, 0) is 12.0 Å². The van der Waals surface area contributed by atoms with Crippen LogP contribution in [0.15, 0.2) is 91.0 Å². The third-order valence-electron chi connectivity index (χ3n) is 4.53. The van der Waals surface area contributed by atoms with Crippen molar-refractivity contribution in [3.63, 3.8) is 0 Å². The Morgan fingerprint density at radius 1 is 0.846 bits per heavy atom. The molecule has 0 fully saturated rings. The number of esters is 1. The predicted molar refractivity (Wildman–Crippen MR) is 104 cm³/mol. The van der Waals surface area contributed by atoms with Crippen molar-refractivity contribution < 1.29 is 9.53 Å². The molecule has 0 bridgehead atoms. The zero-order valence-electron chi connectivity index (χ0n) is 14.8. The second-order valence-electron chi connectivity index (χ2n) is 6.36. The lowest BCUT2D eigenvalue weighted by Crippen LogP contribution is -2.50. The topological polar surface area (TPSA) is 52.3 Å². The number of carbonyl (C=O) groups excluding carboxylic acids is 1. The van der Waals surface area contributed by atoms with Crippen LogP contribution in [-0.4, -0.2) is 12.0 Å². The van der Waals surface area contributed by atoms with Crippen LogP contribution >= 0.6 is 0 Å². The van der Waals surface area contributed by atoms with E-state index in [1.807, 2.05) is 91.0 Å². The monoisotopic (exact) mass is 345 g/mol. The Kier molecular flexibility index (Phi) is 5.49. The van der Waals surface area contributed by atoms with E-state index in [1.165, 1.54) is 6.92 Å². The van der Waals surface area contributed by atoms with Crippen LogP contribution in [0.25, 0.3) is 0 Å². The number of hydrogen-bond donors (Lipinski definition) is 1. The second-order valence-corrected chi connectivity index (χ2v) is 6.36. The normalized spacial score (nSPS) is 12.4. The van der Waals surface area contributed by atoms with Gasteiger partial charge >= 0.3 is 5.97 Å². The molecule has 0 saturated carbocycles. The summed E-state index contributed by atoms with van der Waals surface area (Å²) in [5.74, 6) is -0.360. The zero-order chi connectivity index (χ0) is 18.4. The highest BCUT2D eigenvalue weighted by Crippen LogP contribution is 2.37. The molecule has 26 heavy (non-hydrogen) atoms. The Morgan fingerprint density at radius 3 is 1.69 bits per heavy atom. The molecule has 2 N–H and O–H groups in total. The van der Waals surface area contributed by atoms with Crippen molar-refractivity contribution in [3.05, 3.63) is 108 Å². The van der Waals surface area contributed by atoms with Gasteiger partial charge in [0.15, 0.2) is 5.60 Å². The molecule has 1 unspecified atom stereocenters. The lowest BCUT2D eigenvalue weighted by molar-refractivity contribution is -0.156. The molecule has 3 heteroatoms.